The van der Waals surface area contributed by atoms with E-state index in [0.29, 0.717) is 18.7 Å². The molecule has 0 saturated heterocycles. The monoisotopic (exact) mass is 296 g/mol. The number of hydrogen-bond acceptors (Lipinski definition) is 5. The molecule has 3 aromatic rings. The largest absolute Gasteiger partial charge is 0.508 e. The van der Waals surface area contributed by atoms with Crippen molar-refractivity contribution in [3.05, 3.63) is 60.2 Å². The number of aliphatic hydroxyl groups excluding tert-OH is 1. The summed E-state index contributed by atoms with van der Waals surface area (Å²) in [5, 5.41) is 26.5. The molecule has 22 heavy (non-hydrogen) atoms. The molecule has 1 unspecified atom stereocenters. The van der Waals surface area contributed by atoms with Crippen LogP contribution < -0.4 is 0 Å². The zero-order chi connectivity index (χ0) is 15.4. The van der Waals surface area contributed by atoms with Gasteiger partial charge in [-0.15, -0.1) is 0 Å². The van der Waals surface area contributed by atoms with Crippen LogP contribution in [0.15, 0.2) is 48.8 Å². The molecule has 2 heterocycles. The second-order valence-electron chi connectivity index (χ2n) is 4.99. The molecule has 3 N–H and O–H groups in total. The van der Waals surface area contributed by atoms with Gasteiger partial charge in [-0.2, -0.15) is 5.10 Å². The van der Waals surface area contributed by atoms with E-state index in [2.05, 4.69) is 20.2 Å². The van der Waals surface area contributed by atoms with Gasteiger partial charge >= 0.3 is 0 Å². The maximum absolute atomic E-state index is 10.1. The summed E-state index contributed by atoms with van der Waals surface area (Å²) < 4.78 is 0. The fourth-order valence-electron chi connectivity index (χ4n) is 2.17. The molecule has 0 radical (unpaired) electrons. The first-order valence-corrected chi connectivity index (χ1v) is 7.01. The lowest BCUT2D eigenvalue weighted by Crippen LogP contribution is -2.00. The number of aromatic hydroxyl groups is 1. The summed E-state index contributed by atoms with van der Waals surface area (Å²) in [5.41, 5.74) is 1.67. The molecule has 0 bridgehead atoms. The summed E-state index contributed by atoms with van der Waals surface area (Å²) in [6.45, 7) is 0. The van der Waals surface area contributed by atoms with Crippen molar-refractivity contribution in [2.45, 2.75) is 18.9 Å². The summed E-state index contributed by atoms with van der Waals surface area (Å²) >= 11 is 0. The normalized spacial score (nSPS) is 12.2. The molecular formula is C16H16N4O2. The molecule has 1 atom stereocenters. The fraction of sp³-hybridized carbons (Fsp3) is 0.188. The number of nitrogens with zero attached hydrogens (tertiary/aromatic N) is 3. The highest BCUT2D eigenvalue weighted by Crippen LogP contribution is 2.21. The molecule has 3 rings (SSSR count). The number of aromatic amines is 1. The Labute approximate surface area is 127 Å². The molecule has 6 heteroatoms. The van der Waals surface area contributed by atoms with Gasteiger partial charge < -0.3 is 10.2 Å². The van der Waals surface area contributed by atoms with Crippen molar-refractivity contribution >= 4 is 0 Å². The Kier molecular flexibility index (Phi) is 4.11. The van der Waals surface area contributed by atoms with Gasteiger partial charge in [-0.05, 0) is 36.2 Å². The van der Waals surface area contributed by atoms with E-state index < -0.39 is 6.10 Å². The van der Waals surface area contributed by atoms with E-state index in [-0.39, 0.29) is 5.75 Å². The second kappa shape index (κ2) is 6.36. The van der Waals surface area contributed by atoms with Crippen LogP contribution in [0.25, 0.3) is 11.4 Å². The SMILES string of the molecule is Oc1ccc(C(O)CCc2nc(-c3ccncc3)n[nH]2)cc1. The Morgan fingerprint density at radius 1 is 1.05 bits per heavy atom. The smallest absolute Gasteiger partial charge is 0.181 e. The third-order valence-electron chi connectivity index (χ3n) is 3.40. The topological polar surface area (TPSA) is 94.9 Å². The minimum atomic E-state index is -0.602. The quantitative estimate of drug-likeness (QED) is 0.671. The van der Waals surface area contributed by atoms with E-state index in [1.807, 2.05) is 12.1 Å². The maximum atomic E-state index is 10.1. The van der Waals surface area contributed by atoms with Crippen molar-refractivity contribution in [2.75, 3.05) is 0 Å². The van der Waals surface area contributed by atoms with E-state index in [4.69, 9.17) is 0 Å². The lowest BCUT2D eigenvalue weighted by molar-refractivity contribution is 0.167. The second-order valence-corrected chi connectivity index (χ2v) is 4.99. The van der Waals surface area contributed by atoms with Gasteiger partial charge in [0, 0.05) is 24.4 Å². The molecule has 0 saturated carbocycles. The lowest BCUT2D eigenvalue weighted by atomic mass is 10.0. The zero-order valence-corrected chi connectivity index (χ0v) is 11.8. The fourth-order valence-corrected chi connectivity index (χ4v) is 2.17. The van der Waals surface area contributed by atoms with Crippen molar-refractivity contribution in [2.24, 2.45) is 0 Å². The first-order chi connectivity index (χ1) is 10.7. The Bertz CT molecular complexity index is 725. The number of aromatic nitrogens is 4. The van der Waals surface area contributed by atoms with Gasteiger partial charge in [-0.25, -0.2) is 4.98 Å². The molecule has 0 aliphatic heterocycles. The van der Waals surface area contributed by atoms with Gasteiger partial charge in [0.25, 0.3) is 0 Å². The van der Waals surface area contributed by atoms with Crippen LogP contribution in [0.1, 0.15) is 23.9 Å². The molecule has 2 aromatic heterocycles. The van der Waals surface area contributed by atoms with Crippen LogP contribution >= 0.6 is 0 Å². The Morgan fingerprint density at radius 3 is 2.50 bits per heavy atom. The number of phenols is 1. The molecule has 1 aromatic carbocycles. The number of rotatable bonds is 5. The third-order valence-corrected chi connectivity index (χ3v) is 3.40. The van der Waals surface area contributed by atoms with Crippen molar-refractivity contribution in [1.82, 2.24) is 20.2 Å². The van der Waals surface area contributed by atoms with Gasteiger partial charge in [-0.3, -0.25) is 10.1 Å². The summed E-state index contributed by atoms with van der Waals surface area (Å²) in [5.74, 6) is 1.54. The van der Waals surface area contributed by atoms with Crippen LogP contribution in [-0.2, 0) is 6.42 Å². The van der Waals surface area contributed by atoms with Gasteiger partial charge in [0.15, 0.2) is 5.82 Å². The third kappa shape index (κ3) is 3.29. The molecule has 6 nitrogen and oxygen atoms in total. The van der Waals surface area contributed by atoms with Crippen LogP contribution in [0.4, 0.5) is 0 Å². The number of nitrogens with one attached hydrogen (secondary N) is 1. The number of phenolic OH excluding ortho intramolecular Hbond substituents is 1. The Hall–Kier alpha value is -2.73. The average molecular weight is 296 g/mol. The van der Waals surface area contributed by atoms with Gasteiger partial charge in [-0.1, -0.05) is 12.1 Å². The van der Waals surface area contributed by atoms with Crippen LogP contribution in [-0.4, -0.2) is 30.4 Å². The van der Waals surface area contributed by atoms with Crippen LogP contribution in [0.3, 0.4) is 0 Å². The highest BCUT2D eigenvalue weighted by Gasteiger charge is 2.10. The predicted molar refractivity (Wildman–Crippen MR) is 81.0 cm³/mol. The van der Waals surface area contributed by atoms with E-state index in [0.717, 1.165) is 17.0 Å². The van der Waals surface area contributed by atoms with E-state index >= 15 is 0 Å². The predicted octanol–water partition coefficient (Wildman–Crippen LogP) is 2.24. The highest BCUT2D eigenvalue weighted by molar-refractivity contribution is 5.52. The lowest BCUT2D eigenvalue weighted by Gasteiger charge is -2.09. The Morgan fingerprint density at radius 2 is 1.77 bits per heavy atom. The van der Waals surface area contributed by atoms with Crippen molar-refractivity contribution < 1.29 is 10.2 Å². The number of H-pyrrole nitrogens is 1. The average Bonchev–Trinajstić information content (AvgIpc) is 3.03. The van der Waals surface area contributed by atoms with Crippen LogP contribution in [0, 0.1) is 0 Å². The molecule has 0 aliphatic carbocycles. The molecule has 0 fully saturated rings. The summed E-state index contributed by atoms with van der Waals surface area (Å²) in [6.07, 6.45) is 3.89. The van der Waals surface area contributed by atoms with Crippen molar-refractivity contribution in [3.63, 3.8) is 0 Å². The maximum Gasteiger partial charge on any atom is 0.181 e. The van der Waals surface area contributed by atoms with Gasteiger partial charge in [0.1, 0.15) is 11.6 Å². The number of benzene rings is 1. The molecular weight excluding hydrogens is 280 g/mol. The molecule has 0 aliphatic rings. The zero-order valence-electron chi connectivity index (χ0n) is 11.8. The first-order valence-electron chi connectivity index (χ1n) is 7.01. The minimum Gasteiger partial charge on any atom is -0.508 e. The van der Waals surface area contributed by atoms with E-state index in [1.54, 1.807) is 36.7 Å². The van der Waals surface area contributed by atoms with Crippen molar-refractivity contribution in [1.29, 1.82) is 0 Å². The molecule has 112 valence electrons. The summed E-state index contributed by atoms with van der Waals surface area (Å²) in [4.78, 5) is 8.38. The standard InChI is InChI=1S/C16H16N4O2/c21-13-3-1-11(2-4-13)14(22)5-6-15-18-16(20-19-15)12-7-9-17-10-8-12/h1-4,7-10,14,21-22H,5-6H2,(H,18,19,20). The number of hydrogen-bond donors (Lipinski definition) is 3. The number of aryl methyl sites for hydroxylation is 1. The minimum absolute atomic E-state index is 0.188. The van der Waals surface area contributed by atoms with E-state index in [9.17, 15) is 10.2 Å². The molecule has 0 amide bonds. The Balaban J connectivity index is 1.62. The van der Waals surface area contributed by atoms with Crippen LogP contribution in [0.5, 0.6) is 5.75 Å². The van der Waals surface area contributed by atoms with E-state index in [1.165, 1.54) is 0 Å². The first kappa shape index (κ1) is 14.2. The molecule has 0 spiro atoms. The summed E-state index contributed by atoms with van der Waals surface area (Å²) in [7, 11) is 0. The van der Waals surface area contributed by atoms with Crippen LogP contribution in [0.2, 0.25) is 0 Å². The summed E-state index contributed by atoms with van der Waals surface area (Å²) in [6, 6.07) is 10.2. The highest BCUT2D eigenvalue weighted by atomic mass is 16.3. The number of aliphatic hydroxyl groups is 1. The van der Waals surface area contributed by atoms with Gasteiger partial charge in [0.2, 0.25) is 0 Å². The van der Waals surface area contributed by atoms with Gasteiger partial charge in [0.05, 0.1) is 6.10 Å². The number of pyridine rings is 1. The van der Waals surface area contributed by atoms with Crippen molar-refractivity contribution in [3.8, 4) is 17.1 Å².